The van der Waals surface area contributed by atoms with Gasteiger partial charge in [0.1, 0.15) is 5.82 Å². The van der Waals surface area contributed by atoms with Gasteiger partial charge in [0, 0.05) is 11.4 Å². The van der Waals surface area contributed by atoms with Crippen LogP contribution in [0.2, 0.25) is 0 Å². The van der Waals surface area contributed by atoms with Crippen LogP contribution in [0.25, 0.3) is 0 Å². The number of rotatable bonds is 3. The maximum absolute atomic E-state index is 13.2. The Balaban J connectivity index is 2.97. The minimum atomic E-state index is -0.244. The third-order valence-corrected chi connectivity index (χ3v) is 2.06. The van der Waals surface area contributed by atoms with E-state index in [1.165, 1.54) is 6.07 Å². The van der Waals surface area contributed by atoms with Crippen LogP contribution in [0, 0.1) is 5.82 Å². The van der Waals surface area contributed by atoms with Gasteiger partial charge in [-0.25, -0.2) is 4.39 Å². The molecule has 0 aliphatic rings. The van der Waals surface area contributed by atoms with Crippen molar-refractivity contribution in [3.8, 4) is 0 Å². The lowest BCUT2D eigenvalue weighted by Gasteiger charge is -2.00. The molecule has 1 aromatic carbocycles. The SMILES string of the molecule is Fc1cc(N=C=S)ccc1CCBr. The Hall–Kier alpha value is -0.570. The highest BCUT2D eigenvalue weighted by atomic mass is 79.9. The zero-order valence-corrected chi connectivity index (χ0v) is 9.16. The van der Waals surface area contributed by atoms with Crippen LogP contribution in [0.4, 0.5) is 10.1 Å². The Labute approximate surface area is 89.8 Å². The van der Waals surface area contributed by atoms with E-state index >= 15 is 0 Å². The average Bonchev–Trinajstić information content (AvgIpc) is 2.10. The predicted octanol–water partition coefficient (Wildman–Crippen LogP) is 3.50. The molecule has 0 aliphatic carbocycles. The molecular weight excluding hydrogens is 253 g/mol. The molecule has 1 rings (SSSR count). The van der Waals surface area contributed by atoms with Gasteiger partial charge in [-0.1, -0.05) is 22.0 Å². The average molecular weight is 260 g/mol. The molecule has 0 atom stereocenters. The molecule has 0 saturated carbocycles. The van der Waals surface area contributed by atoms with E-state index in [-0.39, 0.29) is 5.82 Å². The predicted molar refractivity (Wildman–Crippen MR) is 58.6 cm³/mol. The number of aryl methyl sites for hydroxylation is 1. The number of hydrogen-bond acceptors (Lipinski definition) is 2. The minimum Gasteiger partial charge on any atom is -0.207 e. The molecule has 0 bridgehead atoms. The van der Waals surface area contributed by atoms with Crippen molar-refractivity contribution in [3.05, 3.63) is 29.6 Å². The van der Waals surface area contributed by atoms with Crippen LogP contribution in [0.5, 0.6) is 0 Å². The molecule has 1 aromatic rings. The summed E-state index contributed by atoms with van der Waals surface area (Å²) in [4.78, 5) is 3.68. The number of thiocarbonyl (C=S) groups is 1. The summed E-state index contributed by atoms with van der Waals surface area (Å²) < 4.78 is 13.2. The van der Waals surface area contributed by atoms with Crippen molar-refractivity contribution in [2.75, 3.05) is 5.33 Å². The van der Waals surface area contributed by atoms with Crippen molar-refractivity contribution in [2.45, 2.75) is 6.42 Å². The van der Waals surface area contributed by atoms with Crippen LogP contribution in [0.3, 0.4) is 0 Å². The van der Waals surface area contributed by atoms with Gasteiger partial charge < -0.3 is 0 Å². The van der Waals surface area contributed by atoms with E-state index in [9.17, 15) is 4.39 Å². The quantitative estimate of drug-likeness (QED) is 0.460. The fraction of sp³-hybridized carbons (Fsp3) is 0.222. The van der Waals surface area contributed by atoms with Crippen LogP contribution in [0.1, 0.15) is 5.56 Å². The molecule has 13 heavy (non-hydrogen) atoms. The van der Waals surface area contributed by atoms with Crippen molar-refractivity contribution in [2.24, 2.45) is 4.99 Å². The Bertz CT molecular complexity index is 347. The molecule has 0 amide bonds. The Kier molecular flexibility index (Phi) is 4.22. The van der Waals surface area contributed by atoms with Crippen molar-refractivity contribution in [1.29, 1.82) is 0 Å². The van der Waals surface area contributed by atoms with Crippen molar-refractivity contribution in [1.82, 2.24) is 0 Å². The van der Waals surface area contributed by atoms with Crippen molar-refractivity contribution >= 4 is 39.0 Å². The number of benzene rings is 1. The van der Waals surface area contributed by atoms with E-state index in [2.05, 4.69) is 38.3 Å². The first-order valence-electron chi connectivity index (χ1n) is 3.70. The Morgan fingerprint density at radius 3 is 2.85 bits per heavy atom. The first-order chi connectivity index (χ1) is 6.27. The van der Waals surface area contributed by atoms with Gasteiger partial charge in [-0.15, -0.1) is 0 Å². The second kappa shape index (κ2) is 5.22. The number of isothiocyanates is 1. The summed E-state index contributed by atoms with van der Waals surface area (Å²) >= 11 is 7.67. The molecule has 0 aliphatic heterocycles. The summed E-state index contributed by atoms with van der Waals surface area (Å²) in [5.74, 6) is -0.244. The van der Waals surface area contributed by atoms with E-state index in [0.717, 1.165) is 5.33 Å². The van der Waals surface area contributed by atoms with E-state index in [0.29, 0.717) is 17.7 Å². The number of alkyl halides is 1. The molecule has 1 nitrogen and oxygen atoms in total. The molecule has 0 unspecified atom stereocenters. The Morgan fingerprint density at radius 1 is 1.54 bits per heavy atom. The summed E-state index contributed by atoms with van der Waals surface area (Å²) in [6.45, 7) is 0. The molecular formula is C9H7BrFNS. The highest BCUT2D eigenvalue weighted by Crippen LogP contribution is 2.17. The van der Waals surface area contributed by atoms with Crippen molar-refractivity contribution < 1.29 is 4.39 Å². The van der Waals surface area contributed by atoms with Crippen LogP contribution < -0.4 is 0 Å². The molecule has 0 heterocycles. The highest BCUT2D eigenvalue weighted by Gasteiger charge is 2.01. The molecule has 0 N–H and O–H groups in total. The topological polar surface area (TPSA) is 12.4 Å². The first-order valence-corrected chi connectivity index (χ1v) is 5.23. The maximum Gasteiger partial charge on any atom is 0.128 e. The molecule has 0 spiro atoms. The molecule has 0 aromatic heterocycles. The molecule has 0 radical (unpaired) electrons. The van der Waals surface area contributed by atoms with Crippen LogP contribution in [-0.2, 0) is 6.42 Å². The van der Waals surface area contributed by atoms with E-state index in [1.807, 2.05) is 0 Å². The lowest BCUT2D eigenvalue weighted by Crippen LogP contribution is -1.90. The normalized spacial score (nSPS) is 9.38. The zero-order chi connectivity index (χ0) is 9.68. The monoisotopic (exact) mass is 259 g/mol. The van der Waals surface area contributed by atoms with E-state index in [4.69, 9.17) is 0 Å². The smallest absolute Gasteiger partial charge is 0.128 e. The van der Waals surface area contributed by atoms with Gasteiger partial charge in [-0.3, -0.25) is 0 Å². The van der Waals surface area contributed by atoms with Gasteiger partial charge in [0.05, 0.1) is 10.8 Å². The number of hydrogen-bond donors (Lipinski definition) is 0. The molecule has 0 fully saturated rings. The zero-order valence-electron chi connectivity index (χ0n) is 6.76. The minimum absolute atomic E-state index is 0.244. The van der Waals surface area contributed by atoms with E-state index < -0.39 is 0 Å². The van der Waals surface area contributed by atoms with Gasteiger partial charge in [0.15, 0.2) is 0 Å². The van der Waals surface area contributed by atoms with Gasteiger partial charge in [-0.2, -0.15) is 4.99 Å². The largest absolute Gasteiger partial charge is 0.207 e. The summed E-state index contributed by atoms with van der Waals surface area (Å²) in [5, 5.41) is 2.94. The van der Waals surface area contributed by atoms with Crippen LogP contribution in [0.15, 0.2) is 23.2 Å². The second-order valence-electron chi connectivity index (χ2n) is 2.42. The first kappa shape index (κ1) is 10.5. The highest BCUT2D eigenvalue weighted by molar-refractivity contribution is 9.09. The maximum atomic E-state index is 13.2. The Morgan fingerprint density at radius 2 is 2.31 bits per heavy atom. The summed E-state index contributed by atoms with van der Waals surface area (Å²) in [6, 6.07) is 4.79. The molecule has 0 saturated heterocycles. The van der Waals surface area contributed by atoms with Gasteiger partial charge in [0.2, 0.25) is 0 Å². The van der Waals surface area contributed by atoms with Crippen molar-refractivity contribution in [3.63, 3.8) is 0 Å². The van der Waals surface area contributed by atoms with Crippen LogP contribution in [-0.4, -0.2) is 10.5 Å². The third-order valence-electron chi connectivity index (χ3n) is 1.58. The number of aliphatic imine (C=N–C) groups is 1. The van der Waals surface area contributed by atoms with Gasteiger partial charge in [-0.05, 0) is 30.3 Å². The second-order valence-corrected chi connectivity index (χ2v) is 3.39. The van der Waals surface area contributed by atoms with Gasteiger partial charge >= 0.3 is 0 Å². The summed E-state index contributed by atoms with van der Waals surface area (Å²) in [7, 11) is 0. The third kappa shape index (κ3) is 2.99. The summed E-state index contributed by atoms with van der Waals surface area (Å²) in [5.41, 5.74) is 1.19. The van der Waals surface area contributed by atoms with Gasteiger partial charge in [0.25, 0.3) is 0 Å². The summed E-state index contributed by atoms with van der Waals surface area (Å²) in [6.07, 6.45) is 0.674. The number of nitrogens with zero attached hydrogens (tertiary/aromatic N) is 1. The lowest BCUT2D eigenvalue weighted by atomic mass is 10.1. The fourth-order valence-corrected chi connectivity index (χ4v) is 1.50. The number of halogens is 2. The van der Waals surface area contributed by atoms with E-state index in [1.54, 1.807) is 12.1 Å². The molecule has 68 valence electrons. The lowest BCUT2D eigenvalue weighted by molar-refractivity contribution is 0.613. The standard InChI is InChI=1S/C9H7BrFNS/c10-4-3-7-1-2-8(12-6-13)5-9(7)11/h1-2,5H,3-4H2. The molecule has 4 heteroatoms. The fourth-order valence-electron chi connectivity index (χ4n) is 0.963. The van der Waals surface area contributed by atoms with Crippen LogP contribution >= 0.6 is 28.1 Å².